The van der Waals surface area contributed by atoms with Crippen molar-refractivity contribution >= 4 is 28.2 Å². The Morgan fingerprint density at radius 1 is 1.60 bits per heavy atom. The van der Waals surface area contributed by atoms with E-state index in [1.54, 1.807) is 7.11 Å². The number of carbonyl (C=O) groups excluding carboxylic acids is 1. The van der Waals surface area contributed by atoms with Crippen LogP contribution in [0.1, 0.15) is 28.9 Å². The van der Waals surface area contributed by atoms with Crippen molar-refractivity contribution in [2.75, 3.05) is 31.3 Å². The number of ether oxygens (including phenoxy) is 1. The van der Waals surface area contributed by atoms with E-state index in [2.05, 4.69) is 27.8 Å². The van der Waals surface area contributed by atoms with Gasteiger partial charge in [0.1, 0.15) is 10.7 Å². The van der Waals surface area contributed by atoms with Gasteiger partial charge in [0.15, 0.2) is 5.13 Å². The van der Waals surface area contributed by atoms with Gasteiger partial charge in [-0.1, -0.05) is 23.5 Å². The van der Waals surface area contributed by atoms with E-state index in [1.807, 2.05) is 0 Å². The van der Waals surface area contributed by atoms with Crippen molar-refractivity contribution < 1.29 is 9.53 Å². The minimum Gasteiger partial charge on any atom is -0.383 e. The molecule has 0 saturated heterocycles. The van der Waals surface area contributed by atoms with Gasteiger partial charge < -0.3 is 21.1 Å². The smallest absolute Gasteiger partial charge is 0.265 e. The average molecular weight is 296 g/mol. The van der Waals surface area contributed by atoms with E-state index in [9.17, 15) is 4.79 Å². The number of hydrogen-bond donors (Lipinski definition) is 3. The first-order valence-electron chi connectivity index (χ1n) is 6.65. The second-order valence-corrected chi connectivity index (χ2v) is 5.61. The maximum absolute atomic E-state index is 12.2. The first-order valence-corrected chi connectivity index (χ1v) is 7.47. The number of anilines is 2. The summed E-state index contributed by atoms with van der Waals surface area (Å²) in [5.74, 6) is 0.138. The topological polar surface area (TPSA) is 89.3 Å². The molecule has 7 heteroatoms. The number of thiazole rings is 1. The molecule has 1 aliphatic rings. The minimum atomic E-state index is -0.139. The van der Waals surface area contributed by atoms with Gasteiger partial charge in [-0.3, -0.25) is 4.79 Å². The molecule has 4 N–H and O–H groups in total. The van der Waals surface area contributed by atoms with Gasteiger partial charge in [0.05, 0.1) is 6.61 Å². The van der Waals surface area contributed by atoms with E-state index in [0.717, 1.165) is 19.3 Å². The number of nitrogen functional groups attached to an aromatic ring is 1. The summed E-state index contributed by atoms with van der Waals surface area (Å²) in [6, 6.07) is 0.193. The third-order valence-electron chi connectivity index (χ3n) is 3.05. The van der Waals surface area contributed by atoms with Gasteiger partial charge in [0.25, 0.3) is 5.91 Å². The van der Waals surface area contributed by atoms with Crippen molar-refractivity contribution in [1.29, 1.82) is 0 Å². The van der Waals surface area contributed by atoms with Gasteiger partial charge >= 0.3 is 0 Å². The van der Waals surface area contributed by atoms with Crippen LogP contribution in [-0.4, -0.2) is 37.2 Å². The molecule has 110 valence electrons. The largest absolute Gasteiger partial charge is 0.383 e. The highest BCUT2D eigenvalue weighted by Crippen LogP contribution is 2.25. The number of rotatable bonds is 6. The first kappa shape index (κ1) is 14.8. The number of carbonyl (C=O) groups is 1. The molecule has 0 fully saturated rings. The van der Waals surface area contributed by atoms with Crippen LogP contribution in [-0.2, 0) is 4.74 Å². The molecule has 1 atom stereocenters. The van der Waals surface area contributed by atoms with Gasteiger partial charge in [-0.2, -0.15) is 0 Å². The Labute approximate surface area is 122 Å². The predicted octanol–water partition coefficient (Wildman–Crippen LogP) is 1.62. The zero-order valence-corrected chi connectivity index (χ0v) is 12.3. The first-order chi connectivity index (χ1) is 9.70. The summed E-state index contributed by atoms with van der Waals surface area (Å²) in [7, 11) is 1.63. The lowest BCUT2D eigenvalue weighted by atomic mass is 10.0. The molecule has 1 unspecified atom stereocenters. The van der Waals surface area contributed by atoms with Crippen molar-refractivity contribution in [1.82, 2.24) is 10.3 Å². The Balaban J connectivity index is 1.93. The lowest BCUT2D eigenvalue weighted by Gasteiger charge is -2.18. The van der Waals surface area contributed by atoms with E-state index in [4.69, 9.17) is 10.5 Å². The molecule has 1 heterocycles. The molecular weight excluding hydrogens is 276 g/mol. The second kappa shape index (κ2) is 7.25. The number of nitrogens with zero attached hydrogens (tertiary/aromatic N) is 1. The summed E-state index contributed by atoms with van der Waals surface area (Å²) in [4.78, 5) is 16.8. The molecule has 20 heavy (non-hydrogen) atoms. The fraction of sp³-hybridized carbons (Fsp3) is 0.538. The predicted molar refractivity (Wildman–Crippen MR) is 81.1 cm³/mol. The van der Waals surface area contributed by atoms with Crippen molar-refractivity contribution in [3.63, 3.8) is 0 Å². The van der Waals surface area contributed by atoms with Crippen LogP contribution in [0.25, 0.3) is 0 Å². The zero-order chi connectivity index (χ0) is 14.4. The standard InChI is InChI=1S/C13H20N4O2S/c1-19-8-7-15-13-17-11(14)10(20-13)12(18)16-9-5-3-2-4-6-9/h2-3,9H,4-8,14H2,1H3,(H,15,17)(H,16,18). The molecule has 1 aliphatic carbocycles. The lowest BCUT2D eigenvalue weighted by molar-refractivity contribution is 0.0939. The maximum atomic E-state index is 12.2. The summed E-state index contributed by atoms with van der Waals surface area (Å²) in [6.45, 7) is 1.22. The van der Waals surface area contributed by atoms with E-state index in [0.29, 0.717) is 23.2 Å². The maximum Gasteiger partial charge on any atom is 0.265 e. The Morgan fingerprint density at radius 2 is 2.45 bits per heavy atom. The lowest BCUT2D eigenvalue weighted by Crippen LogP contribution is -2.35. The fourth-order valence-electron chi connectivity index (χ4n) is 2.01. The van der Waals surface area contributed by atoms with Crippen LogP contribution >= 0.6 is 11.3 Å². The third-order valence-corrected chi connectivity index (χ3v) is 4.07. The van der Waals surface area contributed by atoms with Gasteiger partial charge in [0.2, 0.25) is 0 Å². The molecule has 0 bridgehead atoms. The Morgan fingerprint density at radius 3 is 3.15 bits per heavy atom. The molecule has 0 radical (unpaired) electrons. The number of amides is 1. The summed E-state index contributed by atoms with van der Waals surface area (Å²) in [5.41, 5.74) is 5.80. The van der Waals surface area contributed by atoms with Crippen molar-refractivity contribution in [2.24, 2.45) is 0 Å². The monoisotopic (exact) mass is 296 g/mol. The summed E-state index contributed by atoms with van der Waals surface area (Å²) in [6.07, 6.45) is 7.10. The Bertz CT molecular complexity index is 487. The molecule has 0 saturated carbocycles. The van der Waals surface area contributed by atoms with Crippen LogP contribution in [0.4, 0.5) is 10.9 Å². The minimum absolute atomic E-state index is 0.139. The number of allylic oxidation sites excluding steroid dienone is 1. The molecule has 1 aromatic heterocycles. The quantitative estimate of drug-likeness (QED) is 0.548. The van der Waals surface area contributed by atoms with E-state index in [1.165, 1.54) is 11.3 Å². The van der Waals surface area contributed by atoms with E-state index >= 15 is 0 Å². The summed E-state index contributed by atoms with van der Waals surface area (Å²) >= 11 is 1.27. The number of hydrogen-bond acceptors (Lipinski definition) is 6. The molecule has 2 rings (SSSR count). The Hall–Kier alpha value is -1.60. The molecule has 0 spiro atoms. The van der Waals surface area contributed by atoms with Crippen LogP contribution in [0.3, 0.4) is 0 Å². The highest BCUT2D eigenvalue weighted by molar-refractivity contribution is 7.18. The average Bonchev–Trinajstić information content (AvgIpc) is 2.81. The van der Waals surface area contributed by atoms with E-state index in [-0.39, 0.29) is 17.8 Å². The van der Waals surface area contributed by atoms with Crippen molar-refractivity contribution in [3.8, 4) is 0 Å². The van der Waals surface area contributed by atoms with Gasteiger partial charge in [0, 0.05) is 19.7 Å². The SMILES string of the molecule is COCCNc1nc(N)c(C(=O)NC2CC=CCC2)s1. The van der Waals surface area contributed by atoms with Crippen molar-refractivity contribution in [3.05, 3.63) is 17.0 Å². The third kappa shape index (κ3) is 3.94. The molecule has 6 nitrogen and oxygen atoms in total. The zero-order valence-electron chi connectivity index (χ0n) is 11.5. The molecular formula is C13H20N4O2S. The van der Waals surface area contributed by atoms with Crippen LogP contribution < -0.4 is 16.4 Å². The number of nitrogens with two attached hydrogens (primary N) is 1. The van der Waals surface area contributed by atoms with Crippen LogP contribution in [0.2, 0.25) is 0 Å². The van der Waals surface area contributed by atoms with Crippen molar-refractivity contribution in [2.45, 2.75) is 25.3 Å². The number of aromatic nitrogens is 1. The van der Waals surface area contributed by atoms with Gasteiger partial charge in [-0.15, -0.1) is 0 Å². The van der Waals surface area contributed by atoms with Crippen LogP contribution in [0.5, 0.6) is 0 Å². The summed E-state index contributed by atoms with van der Waals surface area (Å²) in [5, 5.41) is 6.73. The molecule has 0 aliphatic heterocycles. The molecule has 1 amide bonds. The van der Waals surface area contributed by atoms with Crippen LogP contribution in [0.15, 0.2) is 12.2 Å². The molecule has 1 aromatic rings. The van der Waals surface area contributed by atoms with Gasteiger partial charge in [-0.25, -0.2) is 4.98 Å². The highest BCUT2D eigenvalue weighted by atomic mass is 32.1. The Kier molecular flexibility index (Phi) is 5.37. The fourth-order valence-corrected chi connectivity index (χ4v) is 2.82. The highest BCUT2D eigenvalue weighted by Gasteiger charge is 2.19. The normalized spacial score (nSPS) is 17.9. The summed E-state index contributed by atoms with van der Waals surface area (Å²) < 4.78 is 4.95. The molecule has 0 aromatic carbocycles. The number of nitrogens with one attached hydrogen (secondary N) is 2. The van der Waals surface area contributed by atoms with Crippen LogP contribution in [0, 0.1) is 0 Å². The number of methoxy groups -OCH3 is 1. The van der Waals surface area contributed by atoms with Gasteiger partial charge in [-0.05, 0) is 19.3 Å². The second-order valence-electron chi connectivity index (χ2n) is 4.61. The van der Waals surface area contributed by atoms with E-state index < -0.39 is 0 Å².